The second kappa shape index (κ2) is 5.12. The molecule has 0 aliphatic heterocycles. The molecule has 106 valence electrons. The summed E-state index contributed by atoms with van der Waals surface area (Å²) in [5, 5.41) is 14.1. The minimum absolute atomic E-state index is 0.0609. The standard InChI is InChI=1S/C13H15N3O4/c1-16-12(14)9(6-15-16)7-4-8(13(18)20-3)11(19-2)5-10(7)17/h4-6,17H,14H2,1-3H3. The van der Waals surface area contributed by atoms with E-state index in [0.29, 0.717) is 16.9 Å². The van der Waals surface area contributed by atoms with Crippen molar-refractivity contribution in [3.63, 3.8) is 0 Å². The van der Waals surface area contributed by atoms with Crippen LogP contribution in [0, 0.1) is 0 Å². The van der Waals surface area contributed by atoms with Crippen LogP contribution in [0.3, 0.4) is 0 Å². The number of phenols is 1. The topological polar surface area (TPSA) is 99.6 Å². The van der Waals surface area contributed by atoms with Crippen LogP contribution in [0.2, 0.25) is 0 Å². The van der Waals surface area contributed by atoms with E-state index in [1.54, 1.807) is 7.05 Å². The fraction of sp³-hybridized carbons (Fsp3) is 0.231. The monoisotopic (exact) mass is 277 g/mol. The van der Waals surface area contributed by atoms with Crippen molar-refractivity contribution in [3.8, 4) is 22.6 Å². The Labute approximate surface area is 115 Å². The molecule has 1 heterocycles. The number of nitrogens with two attached hydrogens (primary N) is 1. The molecule has 3 N–H and O–H groups in total. The summed E-state index contributed by atoms with van der Waals surface area (Å²) < 4.78 is 11.2. The number of nitrogens with zero attached hydrogens (tertiary/aromatic N) is 2. The van der Waals surface area contributed by atoms with E-state index in [-0.39, 0.29) is 17.1 Å². The molecule has 0 saturated heterocycles. The largest absolute Gasteiger partial charge is 0.507 e. The molecule has 0 aliphatic rings. The van der Waals surface area contributed by atoms with Crippen molar-refractivity contribution in [1.29, 1.82) is 0 Å². The fourth-order valence-corrected chi connectivity index (χ4v) is 1.88. The van der Waals surface area contributed by atoms with Gasteiger partial charge in [0.15, 0.2) is 0 Å². The van der Waals surface area contributed by atoms with Gasteiger partial charge in [0.1, 0.15) is 22.9 Å². The van der Waals surface area contributed by atoms with Crippen LogP contribution in [-0.2, 0) is 11.8 Å². The quantitative estimate of drug-likeness (QED) is 0.817. The first-order valence-corrected chi connectivity index (χ1v) is 5.76. The number of carbonyl (C=O) groups excluding carboxylic acids is 1. The Morgan fingerprint density at radius 1 is 1.35 bits per heavy atom. The Bertz CT molecular complexity index is 664. The van der Waals surface area contributed by atoms with Gasteiger partial charge in [-0.1, -0.05) is 0 Å². The SMILES string of the molecule is COC(=O)c1cc(-c2cnn(C)c2N)c(O)cc1OC. The van der Waals surface area contributed by atoms with Gasteiger partial charge in [-0.25, -0.2) is 4.79 Å². The molecule has 0 amide bonds. The number of methoxy groups -OCH3 is 2. The molecule has 7 nitrogen and oxygen atoms in total. The number of aryl methyl sites for hydroxylation is 1. The van der Waals surface area contributed by atoms with Gasteiger partial charge in [-0.05, 0) is 6.07 Å². The average Bonchev–Trinajstić information content (AvgIpc) is 2.78. The summed E-state index contributed by atoms with van der Waals surface area (Å²) >= 11 is 0. The van der Waals surface area contributed by atoms with Gasteiger partial charge in [-0.2, -0.15) is 5.10 Å². The smallest absolute Gasteiger partial charge is 0.341 e. The zero-order valence-electron chi connectivity index (χ0n) is 11.4. The Kier molecular flexibility index (Phi) is 3.51. The first-order chi connectivity index (χ1) is 9.49. The molecule has 20 heavy (non-hydrogen) atoms. The third-order valence-electron chi connectivity index (χ3n) is 3.00. The molecule has 0 spiro atoms. The van der Waals surface area contributed by atoms with Crippen molar-refractivity contribution in [2.24, 2.45) is 7.05 Å². The molecule has 0 fully saturated rings. The first-order valence-electron chi connectivity index (χ1n) is 5.76. The predicted octanol–water partition coefficient (Wildman–Crippen LogP) is 1.17. The lowest BCUT2D eigenvalue weighted by atomic mass is 10.0. The van der Waals surface area contributed by atoms with Gasteiger partial charge in [0, 0.05) is 24.2 Å². The fourth-order valence-electron chi connectivity index (χ4n) is 1.88. The van der Waals surface area contributed by atoms with Gasteiger partial charge in [-0.3, -0.25) is 4.68 Å². The maximum atomic E-state index is 11.7. The molecule has 0 bridgehead atoms. The molecule has 1 aromatic heterocycles. The minimum atomic E-state index is -0.564. The summed E-state index contributed by atoms with van der Waals surface area (Å²) in [6.07, 6.45) is 1.51. The molecular formula is C13H15N3O4. The van der Waals surface area contributed by atoms with Crippen molar-refractivity contribution in [3.05, 3.63) is 23.9 Å². The van der Waals surface area contributed by atoms with Crippen molar-refractivity contribution >= 4 is 11.8 Å². The number of phenolic OH excluding ortho intramolecular Hbond substituents is 1. The van der Waals surface area contributed by atoms with Crippen LogP contribution >= 0.6 is 0 Å². The molecule has 0 atom stereocenters. The number of anilines is 1. The lowest BCUT2D eigenvalue weighted by molar-refractivity contribution is 0.0597. The van der Waals surface area contributed by atoms with Crippen molar-refractivity contribution < 1.29 is 19.4 Å². The van der Waals surface area contributed by atoms with Gasteiger partial charge >= 0.3 is 5.97 Å². The molecule has 1 aromatic carbocycles. The van der Waals surface area contributed by atoms with E-state index >= 15 is 0 Å². The van der Waals surface area contributed by atoms with E-state index in [1.165, 1.54) is 37.2 Å². The number of carbonyl (C=O) groups is 1. The van der Waals surface area contributed by atoms with Crippen LogP contribution in [0.5, 0.6) is 11.5 Å². The molecule has 0 aliphatic carbocycles. The van der Waals surface area contributed by atoms with Crippen LogP contribution in [-0.4, -0.2) is 35.1 Å². The average molecular weight is 277 g/mol. The summed E-state index contributed by atoms with van der Waals surface area (Å²) in [5.74, 6) is -0.0263. The number of benzene rings is 1. The highest BCUT2D eigenvalue weighted by atomic mass is 16.5. The Morgan fingerprint density at radius 3 is 2.55 bits per heavy atom. The predicted molar refractivity (Wildman–Crippen MR) is 72.6 cm³/mol. The Hall–Kier alpha value is -2.70. The third kappa shape index (κ3) is 2.13. The lowest BCUT2D eigenvalue weighted by Gasteiger charge is -2.11. The number of aromatic nitrogens is 2. The van der Waals surface area contributed by atoms with Gasteiger partial charge in [-0.15, -0.1) is 0 Å². The summed E-state index contributed by atoms with van der Waals surface area (Å²) in [6, 6.07) is 2.81. The van der Waals surface area contributed by atoms with Gasteiger partial charge in [0.25, 0.3) is 0 Å². The molecular weight excluding hydrogens is 262 g/mol. The zero-order valence-corrected chi connectivity index (χ0v) is 11.4. The summed E-state index contributed by atoms with van der Waals surface area (Å²) in [6.45, 7) is 0. The summed E-state index contributed by atoms with van der Waals surface area (Å²) in [7, 11) is 4.35. The van der Waals surface area contributed by atoms with Crippen molar-refractivity contribution in [2.75, 3.05) is 20.0 Å². The van der Waals surface area contributed by atoms with E-state index in [2.05, 4.69) is 5.10 Å². The maximum absolute atomic E-state index is 11.7. The zero-order chi connectivity index (χ0) is 14.9. The Morgan fingerprint density at radius 2 is 2.05 bits per heavy atom. The number of aromatic hydroxyl groups is 1. The van der Waals surface area contributed by atoms with Gasteiger partial charge in [0.2, 0.25) is 0 Å². The normalized spacial score (nSPS) is 10.3. The highest BCUT2D eigenvalue weighted by Crippen LogP contribution is 2.37. The van der Waals surface area contributed by atoms with E-state index < -0.39 is 5.97 Å². The van der Waals surface area contributed by atoms with Crippen LogP contribution in [0.25, 0.3) is 11.1 Å². The number of hydrogen-bond donors (Lipinski definition) is 2. The highest BCUT2D eigenvalue weighted by molar-refractivity contribution is 5.95. The van der Waals surface area contributed by atoms with Gasteiger partial charge < -0.3 is 20.3 Å². The second-order valence-electron chi connectivity index (χ2n) is 4.13. The second-order valence-corrected chi connectivity index (χ2v) is 4.13. The van der Waals surface area contributed by atoms with Crippen LogP contribution in [0.4, 0.5) is 5.82 Å². The lowest BCUT2D eigenvalue weighted by Crippen LogP contribution is -2.05. The maximum Gasteiger partial charge on any atom is 0.341 e. The van der Waals surface area contributed by atoms with Crippen LogP contribution in [0.1, 0.15) is 10.4 Å². The molecule has 2 rings (SSSR count). The minimum Gasteiger partial charge on any atom is -0.507 e. The molecule has 7 heteroatoms. The van der Waals surface area contributed by atoms with E-state index in [0.717, 1.165) is 0 Å². The van der Waals surface area contributed by atoms with E-state index in [9.17, 15) is 9.90 Å². The molecule has 0 radical (unpaired) electrons. The third-order valence-corrected chi connectivity index (χ3v) is 3.00. The summed E-state index contributed by atoms with van der Waals surface area (Å²) in [4.78, 5) is 11.7. The first kappa shape index (κ1) is 13.7. The molecule has 2 aromatic rings. The van der Waals surface area contributed by atoms with E-state index in [4.69, 9.17) is 15.2 Å². The Balaban J connectivity index is 2.65. The number of hydrogen-bond acceptors (Lipinski definition) is 6. The van der Waals surface area contributed by atoms with E-state index in [1.807, 2.05) is 0 Å². The number of rotatable bonds is 3. The highest BCUT2D eigenvalue weighted by Gasteiger charge is 2.20. The number of nitrogen functional groups attached to an aromatic ring is 1. The van der Waals surface area contributed by atoms with Gasteiger partial charge in [0.05, 0.1) is 20.4 Å². The van der Waals surface area contributed by atoms with Crippen molar-refractivity contribution in [2.45, 2.75) is 0 Å². The van der Waals surface area contributed by atoms with Crippen molar-refractivity contribution in [1.82, 2.24) is 9.78 Å². The molecule has 0 saturated carbocycles. The van der Waals surface area contributed by atoms with Crippen LogP contribution in [0.15, 0.2) is 18.3 Å². The number of esters is 1. The van der Waals surface area contributed by atoms with Crippen LogP contribution < -0.4 is 10.5 Å². The molecule has 0 unspecified atom stereocenters. The summed E-state index contributed by atoms with van der Waals surface area (Å²) in [5.41, 5.74) is 6.99. The number of ether oxygens (including phenoxy) is 2.